The van der Waals surface area contributed by atoms with Crippen LogP contribution in [0.2, 0.25) is 0 Å². The van der Waals surface area contributed by atoms with E-state index in [9.17, 15) is 4.79 Å². The summed E-state index contributed by atoms with van der Waals surface area (Å²) in [4.78, 5) is 15.2. The Morgan fingerprint density at radius 1 is 1.67 bits per heavy atom. The normalized spacial score (nSPS) is 29.7. The second kappa shape index (κ2) is 3.09. The van der Waals surface area contributed by atoms with Crippen LogP contribution in [0.15, 0.2) is 4.99 Å². The topological polar surface area (TPSA) is 55.4 Å². The van der Waals surface area contributed by atoms with E-state index in [0.717, 1.165) is 6.42 Å². The Morgan fingerprint density at radius 3 is 2.42 bits per heavy atom. The zero-order valence-corrected chi connectivity index (χ0v) is 8.44. The zero-order chi connectivity index (χ0) is 9.35. The average Bonchev–Trinajstić information content (AvgIpc) is 2.26. The van der Waals surface area contributed by atoms with Gasteiger partial charge in [-0.2, -0.15) is 4.99 Å². The Bertz CT molecular complexity index is 237. The minimum absolute atomic E-state index is 0.0671. The number of hydrogen-bond donors (Lipinski definition) is 1. The van der Waals surface area contributed by atoms with Gasteiger partial charge in [-0.1, -0.05) is 32.5 Å². The third-order valence-corrected chi connectivity index (χ3v) is 3.92. The predicted molar refractivity (Wildman–Crippen MR) is 52.1 cm³/mol. The molecule has 1 atom stereocenters. The van der Waals surface area contributed by atoms with E-state index in [0.29, 0.717) is 5.17 Å². The molecule has 0 saturated carbocycles. The summed E-state index contributed by atoms with van der Waals surface area (Å²) in [6.07, 6.45) is 0.790. The summed E-state index contributed by atoms with van der Waals surface area (Å²) < 4.78 is -0.385. The lowest BCUT2D eigenvalue weighted by molar-refractivity contribution is -0.120. The monoisotopic (exact) mass is 186 g/mol. The summed E-state index contributed by atoms with van der Waals surface area (Å²) in [6.45, 7) is 6.06. The van der Waals surface area contributed by atoms with E-state index in [2.05, 4.69) is 4.99 Å². The lowest BCUT2D eigenvalue weighted by Gasteiger charge is -2.27. The molecule has 4 heteroatoms. The Morgan fingerprint density at radius 2 is 2.25 bits per heavy atom. The Kier molecular flexibility index (Phi) is 2.46. The molecule has 1 aliphatic rings. The number of aliphatic imine (C=N–C) groups is 1. The van der Waals surface area contributed by atoms with Crippen LogP contribution >= 0.6 is 11.8 Å². The molecular formula is C8H14N2OS. The fourth-order valence-electron chi connectivity index (χ4n) is 1.44. The molecule has 1 unspecified atom stereocenters. The van der Waals surface area contributed by atoms with Gasteiger partial charge in [-0.3, -0.25) is 4.79 Å². The van der Waals surface area contributed by atoms with Crippen LogP contribution in [0.25, 0.3) is 0 Å². The molecule has 0 aromatic rings. The first-order chi connectivity index (χ1) is 5.53. The van der Waals surface area contributed by atoms with Gasteiger partial charge in [-0.05, 0) is 12.3 Å². The van der Waals surface area contributed by atoms with Crippen molar-refractivity contribution in [1.29, 1.82) is 0 Å². The number of amidine groups is 1. The quantitative estimate of drug-likeness (QED) is 0.708. The van der Waals surface area contributed by atoms with Crippen LogP contribution in [0, 0.1) is 5.92 Å². The smallest absolute Gasteiger partial charge is 0.265 e. The fourth-order valence-corrected chi connectivity index (χ4v) is 2.46. The van der Waals surface area contributed by atoms with Crippen LogP contribution in [0.1, 0.15) is 27.2 Å². The maximum absolute atomic E-state index is 11.5. The molecule has 0 spiro atoms. The highest BCUT2D eigenvalue weighted by Gasteiger charge is 2.45. The van der Waals surface area contributed by atoms with E-state index in [1.54, 1.807) is 0 Å². The van der Waals surface area contributed by atoms with E-state index in [1.165, 1.54) is 11.8 Å². The van der Waals surface area contributed by atoms with Gasteiger partial charge in [0.1, 0.15) is 4.75 Å². The second-order valence-corrected chi connectivity index (χ2v) is 4.61. The zero-order valence-electron chi connectivity index (χ0n) is 7.63. The van der Waals surface area contributed by atoms with Crippen molar-refractivity contribution in [3.05, 3.63) is 0 Å². The molecular weight excluding hydrogens is 172 g/mol. The van der Waals surface area contributed by atoms with E-state index in [4.69, 9.17) is 5.73 Å². The standard InChI is InChI=1S/C8H14N2OS/c1-4-8(5(2)3)6(11)10-7(9)12-8/h5H,4H2,1-3H3,(H2,9,10,11). The van der Waals surface area contributed by atoms with Crippen LogP contribution in [0.5, 0.6) is 0 Å². The van der Waals surface area contributed by atoms with E-state index < -0.39 is 0 Å². The molecule has 0 saturated heterocycles. The summed E-state index contributed by atoms with van der Waals surface area (Å²) in [6, 6.07) is 0. The molecule has 1 amide bonds. The van der Waals surface area contributed by atoms with Gasteiger partial charge in [0, 0.05) is 0 Å². The van der Waals surface area contributed by atoms with Gasteiger partial charge >= 0.3 is 0 Å². The van der Waals surface area contributed by atoms with Crippen molar-refractivity contribution >= 4 is 22.8 Å². The van der Waals surface area contributed by atoms with Gasteiger partial charge in [0.2, 0.25) is 0 Å². The van der Waals surface area contributed by atoms with Crippen molar-refractivity contribution in [3.63, 3.8) is 0 Å². The van der Waals surface area contributed by atoms with E-state index in [1.807, 2.05) is 20.8 Å². The molecule has 0 aliphatic carbocycles. The van der Waals surface area contributed by atoms with E-state index >= 15 is 0 Å². The van der Waals surface area contributed by atoms with Crippen LogP contribution in [-0.2, 0) is 4.79 Å². The molecule has 12 heavy (non-hydrogen) atoms. The Labute approximate surface area is 76.8 Å². The number of carbonyl (C=O) groups excluding carboxylic acids is 1. The first kappa shape index (κ1) is 9.58. The number of carbonyl (C=O) groups is 1. The summed E-state index contributed by atoms with van der Waals surface area (Å²) in [5, 5.41) is 0.413. The van der Waals surface area contributed by atoms with Crippen molar-refractivity contribution in [3.8, 4) is 0 Å². The average molecular weight is 186 g/mol. The van der Waals surface area contributed by atoms with Gasteiger partial charge in [-0.25, -0.2) is 0 Å². The third-order valence-electron chi connectivity index (χ3n) is 2.32. The van der Waals surface area contributed by atoms with Crippen LogP contribution in [0.3, 0.4) is 0 Å². The molecule has 0 fully saturated rings. The number of nitrogens with zero attached hydrogens (tertiary/aromatic N) is 1. The number of nitrogens with two attached hydrogens (primary N) is 1. The van der Waals surface area contributed by atoms with Crippen molar-refractivity contribution < 1.29 is 4.79 Å². The van der Waals surface area contributed by atoms with Crippen molar-refractivity contribution in [2.45, 2.75) is 31.9 Å². The first-order valence-electron chi connectivity index (χ1n) is 4.10. The van der Waals surface area contributed by atoms with Gasteiger partial charge < -0.3 is 5.73 Å². The second-order valence-electron chi connectivity index (χ2n) is 3.25. The van der Waals surface area contributed by atoms with Crippen LogP contribution in [0.4, 0.5) is 0 Å². The summed E-state index contributed by atoms with van der Waals surface area (Å²) >= 11 is 1.41. The van der Waals surface area contributed by atoms with Crippen LogP contribution in [-0.4, -0.2) is 15.8 Å². The van der Waals surface area contributed by atoms with Gasteiger partial charge in [-0.15, -0.1) is 0 Å². The molecule has 68 valence electrons. The predicted octanol–water partition coefficient (Wildman–Crippen LogP) is 1.38. The lowest BCUT2D eigenvalue weighted by Crippen LogP contribution is -2.36. The minimum atomic E-state index is -0.385. The molecule has 0 bridgehead atoms. The maximum Gasteiger partial charge on any atom is 0.265 e. The van der Waals surface area contributed by atoms with Crippen LogP contribution < -0.4 is 5.73 Å². The number of hydrogen-bond acceptors (Lipinski definition) is 3. The molecule has 1 heterocycles. The summed E-state index contributed by atoms with van der Waals surface area (Å²) in [7, 11) is 0. The molecule has 3 nitrogen and oxygen atoms in total. The fraction of sp³-hybridized carbons (Fsp3) is 0.750. The largest absolute Gasteiger partial charge is 0.378 e. The van der Waals surface area contributed by atoms with Gasteiger partial charge in [0.15, 0.2) is 5.17 Å². The number of rotatable bonds is 2. The van der Waals surface area contributed by atoms with Gasteiger partial charge in [0.25, 0.3) is 5.91 Å². The maximum atomic E-state index is 11.5. The Hall–Kier alpha value is -0.510. The highest BCUT2D eigenvalue weighted by atomic mass is 32.2. The highest BCUT2D eigenvalue weighted by molar-refractivity contribution is 8.16. The first-order valence-corrected chi connectivity index (χ1v) is 4.92. The van der Waals surface area contributed by atoms with Gasteiger partial charge in [0.05, 0.1) is 0 Å². The molecule has 2 N–H and O–H groups in total. The van der Waals surface area contributed by atoms with Crippen molar-refractivity contribution in [2.75, 3.05) is 0 Å². The summed E-state index contributed by atoms with van der Waals surface area (Å²) in [5.74, 6) is 0.215. The Balaban J connectivity index is 2.93. The summed E-state index contributed by atoms with van der Waals surface area (Å²) in [5.41, 5.74) is 5.51. The molecule has 1 aliphatic heterocycles. The molecule has 0 radical (unpaired) electrons. The third kappa shape index (κ3) is 1.24. The number of thioether (sulfide) groups is 1. The van der Waals surface area contributed by atoms with Crippen molar-refractivity contribution in [1.82, 2.24) is 0 Å². The SMILES string of the molecule is CCC1(C(C)C)SC(N)=NC1=O. The molecule has 0 aromatic heterocycles. The van der Waals surface area contributed by atoms with E-state index in [-0.39, 0.29) is 16.6 Å². The number of amides is 1. The molecule has 0 aromatic carbocycles. The lowest BCUT2D eigenvalue weighted by atomic mass is 9.91. The van der Waals surface area contributed by atoms with Crippen molar-refractivity contribution in [2.24, 2.45) is 16.6 Å². The minimum Gasteiger partial charge on any atom is -0.378 e. The molecule has 1 rings (SSSR count). The highest BCUT2D eigenvalue weighted by Crippen LogP contribution is 2.41.